The van der Waals surface area contributed by atoms with Crippen LogP contribution in [0.1, 0.15) is 43.7 Å². The third-order valence-corrected chi connectivity index (χ3v) is 12.4. The smallest absolute Gasteiger partial charge is 0.212 e. The molecule has 10 rings (SSSR count). The Labute approximate surface area is 371 Å². The number of benzene rings is 7. The van der Waals surface area contributed by atoms with Gasteiger partial charge in [-0.2, -0.15) is 4.58 Å². The Bertz CT molecular complexity index is 3310. The van der Waals surface area contributed by atoms with Crippen molar-refractivity contribution in [3.8, 4) is 16.8 Å². The van der Waals surface area contributed by atoms with Crippen molar-refractivity contribution < 1.29 is 25.5 Å². The van der Waals surface area contributed by atoms with Gasteiger partial charge >= 0.3 is 0 Å². The summed E-state index contributed by atoms with van der Waals surface area (Å²) in [5.74, 6) is -3.37. The second kappa shape index (κ2) is 17.4. The molecule has 8 heteroatoms. The minimum Gasteiger partial charge on any atom is -0.509 e. The van der Waals surface area contributed by atoms with Crippen LogP contribution in [0.15, 0.2) is 199 Å². The Morgan fingerprint density at radius 1 is 0.641 bits per heavy atom. The van der Waals surface area contributed by atoms with Crippen molar-refractivity contribution in [2.45, 2.75) is 39.0 Å². The topological polar surface area (TPSA) is 125 Å². The molecule has 1 aliphatic carbocycles. The highest BCUT2D eigenvalue weighted by atomic mass is 16.4. The van der Waals surface area contributed by atoms with Gasteiger partial charge in [-0.1, -0.05) is 129 Å². The van der Waals surface area contributed by atoms with Crippen molar-refractivity contribution in [2.75, 3.05) is 0 Å². The minimum absolute atomic E-state index is 0.350. The number of para-hydroxylation sites is 3. The first-order valence-electron chi connectivity index (χ1n) is 21.6. The maximum Gasteiger partial charge on any atom is 0.212 e. The van der Waals surface area contributed by atoms with Crippen LogP contribution < -0.4 is 4.58 Å². The molecule has 0 saturated heterocycles. The number of aliphatic hydroxyl groups is 5. The highest BCUT2D eigenvalue weighted by molar-refractivity contribution is 6.21. The molecule has 6 N–H and O–H groups in total. The zero-order valence-corrected chi connectivity index (χ0v) is 35.8. The maximum absolute atomic E-state index is 8.87. The molecular weight excluding hydrogens is 795 g/mol. The largest absolute Gasteiger partial charge is 0.509 e. The lowest BCUT2D eigenvalue weighted by molar-refractivity contribution is 0.246. The van der Waals surface area contributed by atoms with Gasteiger partial charge in [-0.05, 0) is 78.3 Å². The van der Waals surface area contributed by atoms with E-state index in [1.165, 1.54) is 78.9 Å². The van der Waals surface area contributed by atoms with Gasteiger partial charge in [0.25, 0.3) is 0 Å². The molecule has 2 unspecified atom stereocenters. The Kier molecular flexibility index (Phi) is 11.3. The lowest BCUT2D eigenvalue weighted by atomic mass is 9.90. The molecular formula is C56H50N3O5+. The average molecular weight is 845 g/mol. The second-order valence-corrected chi connectivity index (χ2v) is 16.4. The summed E-state index contributed by atoms with van der Waals surface area (Å²) in [6.45, 7) is 6.30. The van der Waals surface area contributed by atoms with Crippen molar-refractivity contribution >= 4 is 61.2 Å². The highest BCUT2D eigenvalue weighted by Crippen LogP contribution is 2.43. The summed E-state index contributed by atoms with van der Waals surface area (Å²) in [6, 6.07) is 60.0. The number of aromatic amines is 1. The second-order valence-electron chi connectivity index (χ2n) is 16.4. The van der Waals surface area contributed by atoms with E-state index in [4.69, 9.17) is 25.5 Å². The quantitative estimate of drug-likeness (QED) is 0.0374. The van der Waals surface area contributed by atoms with E-state index in [1.54, 1.807) is 0 Å². The molecule has 1 aliphatic rings. The molecule has 0 aliphatic heterocycles. The van der Waals surface area contributed by atoms with Crippen LogP contribution in [0.5, 0.6) is 0 Å². The molecule has 318 valence electrons. The van der Waals surface area contributed by atoms with E-state index in [0.29, 0.717) is 11.8 Å². The number of H-pyrrole nitrogens is 1. The molecule has 0 bridgehead atoms. The van der Waals surface area contributed by atoms with E-state index in [-0.39, 0.29) is 0 Å². The lowest BCUT2D eigenvalue weighted by Gasteiger charge is -2.16. The number of aliphatic hydroxyl groups excluding tert-OH is 5. The van der Waals surface area contributed by atoms with Crippen LogP contribution in [0, 0.1) is 5.92 Å². The van der Waals surface area contributed by atoms with E-state index in [2.05, 4.69) is 198 Å². The first-order chi connectivity index (χ1) is 31.1. The van der Waals surface area contributed by atoms with Gasteiger partial charge in [0.15, 0.2) is 17.7 Å². The first-order valence-corrected chi connectivity index (χ1v) is 21.6. The molecule has 0 spiro atoms. The Hall–Kier alpha value is -7.97. The summed E-state index contributed by atoms with van der Waals surface area (Å²) < 4.78 is 4.90. The van der Waals surface area contributed by atoms with Crippen LogP contribution in [0.25, 0.3) is 60.4 Å². The van der Waals surface area contributed by atoms with E-state index in [1.807, 2.05) is 0 Å². The van der Waals surface area contributed by atoms with Gasteiger partial charge in [0.1, 0.15) is 5.76 Å². The van der Waals surface area contributed by atoms with E-state index < -0.39 is 28.8 Å². The first kappa shape index (κ1) is 41.4. The molecule has 0 amide bonds. The summed E-state index contributed by atoms with van der Waals surface area (Å²) in [5.41, 5.74) is 13.7. The molecule has 0 fully saturated rings. The van der Waals surface area contributed by atoms with E-state index in [9.17, 15) is 0 Å². The number of aromatic nitrogens is 2. The maximum atomic E-state index is 8.87. The van der Waals surface area contributed by atoms with Crippen LogP contribution >= 0.6 is 0 Å². The monoisotopic (exact) mass is 844 g/mol. The molecule has 0 saturated carbocycles. The van der Waals surface area contributed by atoms with Crippen LogP contribution in [0.3, 0.4) is 0 Å². The molecule has 8 nitrogen and oxygen atoms in total. The fraction of sp³-hybridized carbons (Fsp3) is 0.125. The van der Waals surface area contributed by atoms with Gasteiger partial charge in [-0.15, -0.1) is 0 Å². The zero-order valence-electron chi connectivity index (χ0n) is 35.8. The van der Waals surface area contributed by atoms with Crippen LogP contribution in [0.2, 0.25) is 0 Å². The van der Waals surface area contributed by atoms with Gasteiger partial charge in [0, 0.05) is 56.8 Å². The zero-order chi connectivity index (χ0) is 44.5. The van der Waals surface area contributed by atoms with Crippen LogP contribution in [-0.4, -0.2) is 41.3 Å². The van der Waals surface area contributed by atoms with Crippen molar-refractivity contribution in [3.05, 3.63) is 210 Å². The molecule has 64 heavy (non-hydrogen) atoms. The third kappa shape index (κ3) is 7.53. The Balaban J connectivity index is 0.000000381. The van der Waals surface area contributed by atoms with Crippen molar-refractivity contribution in [1.82, 2.24) is 14.1 Å². The number of rotatable bonds is 9. The van der Waals surface area contributed by atoms with Crippen molar-refractivity contribution in [3.63, 3.8) is 0 Å². The SMILES string of the molecule is C=C(O)/C(O)=C(O)\C(O)=C(/C)O.CCCC1Cc2ccccc2C1C=[N+](c1ccccc1)c1cccc(-n2c3ccccc3c3c(-c4cccc5[nH]c6ccccc6c45)cccc32)c1. The number of fused-ring (bicyclic) bond motifs is 7. The standard InChI is InChI=1S/C49H40N3.C7H10O5/c1-2-15-33-30-34-16-6-7-21-38(34)43(33)32-51(35-17-4-3-5-18-35)36-19-12-20-37(31-36)52-46-28-11-9-23-42(46)49-40(25-14-29-47(49)52)39-24-13-27-45-48(39)41-22-8-10-26-44(41)50-45;1-3(8)5(10)7(12)6(11)4(2)9/h3-14,16-29,31-33,43,50H,2,15,30H2,1H3;8-12H,1H2,2H3/q+1;/b;6-4-,7-5-. The molecule has 2 heterocycles. The predicted octanol–water partition coefficient (Wildman–Crippen LogP) is 14.5. The summed E-state index contributed by atoms with van der Waals surface area (Å²) in [6.07, 6.45) is 6.05. The number of hydrogen-bond acceptors (Lipinski definition) is 5. The number of nitrogens with one attached hydrogen (secondary N) is 1. The van der Waals surface area contributed by atoms with Gasteiger partial charge < -0.3 is 35.1 Å². The summed E-state index contributed by atoms with van der Waals surface area (Å²) in [5, 5.41) is 48.7. The van der Waals surface area contributed by atoms with E-state index in [0.717, 1.165) is 30.2 Å². The molecule has 0 radical (unpaired) electrons. The van der Waals surface area contributed by atoms with Gasteiger partial charge in [-0.3, -0.25) is 0 Å². The Morgan fingerprint density at radius 2 is 1.27 bits per heavy atom. The Morgan fingerprint density at radius 3 is 2.03 bits per heavy atom. The molecule has 7 aromatic carbocycles. The summed E-state index contributed by atoms with van der Waals surface area (Å²) in [4.78, 5) is 3.66. The third-order valence-electron chi connectivity index (χ3n) is 12.4. The van der Waals surface area contributed by atoms with Gasteiger partial charge in [-0.25, -0.2) is 0 Å². The van der Waals surface area contributed by atoms with Crippen LogP contribution in [-0.2, 0) is 6.42 Å². The number of hydrogen-bond donors (Lipinski definition) is 6. The normalized spacial score (nSPS) is 15.8. The number of nitrogens with zero attached hydrogens (tertiary/aromatic N) is 2. The average Bonchev–Trinajstić information content (AvgIpc) is 4.00. The fourth-order valence-electron chi connectivity index (χ4n) is 9.48. The highest BCUT2D eigenvalue weighted by Gasteiger charge is 2.34. The van der Waals surface area contributed by atoms with E-state index >= 15 is 0 Å². The van der Waals surface area contributed by atoms with Gasteiger partial charge in [0.05, 0.1) is 22.6 Å². The van der Waals surface area contributed by atoms with Crippen molar-refractivity contribution in [1.29, 1.82) is 0 Å². The number of allylic oxidation sites excluding steroid dienone is 1. The summed E-state index contributed by atoms with van der Waals surface area (Å²) >= 11 is 0. The fourth-order valence-corrected chi connectivity index (χ4v) is 9.48. The van der Waals surface area contributed by atoms with Gasteiger partial charge in [0.2, 0.25) is 22.9 Å². The molecule has 2 aromatic heterocycles. The molecule has 9 aromatic rings. The predicted molar refractivity (Wildman–Crippen MR) is 263 cm³/mol. The van der Waals surface area contributed by atoms with Crippen LogP contribution in [0.4, 0.5) is 11.4 Å². The minimum atomic E-state index is -1.03. The summed E-state index contributed by atoms with van der Waals surface area (Å²) in [7, 11) is 0. The lowest BCUT2D eigenvalue weighted by Crippen LogP contribution is -2.17. The van der Waals surface area contributed by atoms with Crippen molar-refractivity contribution in [2.24, 2.45) is 5.92 Å². The molecule has 2 atom stereocenters.